The minimum absolute atomic E-state index is 0.0249. The number of esters is 1. The summed E-state index contributed by atoms with van der Waals surface area (Å²) < 4.78 is 4.76. The highest BCUT2D eigenvalue weighted by atomic mass is 35.5. The molecule has 1 fully saturated rings. The second-order valence-electron chi connectivity index (χ2n) is 4.11. The number of carbonyl (C=O) groups excluding carboxylic acids is 1. The van der Waals surface area contributed by atoms with E-state index in [4.69, 9.17) is 16.3 Å². The predicted molar refractivity (Wildman–Crippen MR) is 66.2 cm³/mol. The van der Waals surface area contributed by atoms with E-state index in [2.05, 4.69) is 9.88 Å². The Morgan fingerprint density at radius 2 is 2.24 bits per heavy atom. The lowest BCUT2D eigenvalue weighted by molar-refractivity contribution is -0.146. The second-order valence-corrected chi connectivity index (χ2v) is 4.52. The first kappa shape index (κ1) is 12.2. The van der Waals surface area contributed by atoms with E-state index in [1.165, 1.54) is 7.11 Å². The highest BCUT2D eigenvalue weighted by Gasteiger charge is 2.26. The Morgan fingerprint density at radius 3 is 2.82 bits per heavy atom. The Labute approximate surface area is 106 Å². The smallest absolute Gasteiger partial charge is 0.308 e. The molecule has 2 heterocycles. The molecule has 92 valence electrons. The Bertz CT molecular complexity index is 403. The van der Waals surface area contributed by atoms with Gasteiger partial charge in [0.2, 0.25) is 0 Å². The number of rotatable bonds is 2. The van der Waals surface area contributed by atoms with Gasteiger partial charge in [-0.15, -0.1) is 0 Å². The summed E-state index contributed by atoms with van der Waals surface area (Å²) in [7, 11) is 1.44. The van der Waals surface area contributed by atoms with Gasteiger partial charge >= 0.3 is 5.97 Å². The molecule has 1 aliphatic heterocycles. The van der Waals surface area contributed by atoms with Crippen molar-refractivity contribution in [3.63, 3.8) is 0 Å². The van der Waals surface area contributed by atoms with Crippen LogP contribution in [0.15, 0.2) is 18.5 Å². The maximum atomic E-state index is 11.4. The lowest BCUT2D eigenvalue weighted by Gasteiger charge is -2.32. The standard InChI is InChI=1S/C12H15ClN2O2/c1-17-12(16)9-3-6-15(7-4-9)11-2-5-14-8-10(11)13/h2,5,8-9H,3-4,6-7H2,1H3. The minimum Gasteiger partial charge on any atom is -0.469 e. The zero-order valence-electron chi connectivity index (χ0n) is 9.73. The molecular formula is C12H15ClN2O2. The molecule has 1 saturated heterocycles. The van der Waals surface area contributed by atoms with Gasteiger partial charge in [0.05, 0.1) is 23.7 Å². The van der Waals surface area contributed by atoms with E-state index in [9.17, 15) is 4.79 Å². The predicted octanol–water partition coefficient (Wildman–Crippen LogP) is 2.12. The molecule has 0 spiro atoms. The normalized spacial score (nSPS) is 16.9. The van der Waals surface area contributed by atoms with Gasteiger partial charge in [0.1, 0.15) is 0 Å². The second kappa shape index (κ2) is 5.36. The van der Waals surface area contributed by atoms with Crippen LogP contribution in [0.2, 0.25) is 5.02 Å². The van der Waals surface area contributed by atoms with Gasteiger partial charge in [-0.2, -0.15) is 0 Å². The molecule has 0 atom stereocenters. The molecule has 0 unspecified atom stereocenters. The van der Waals surface area contributed by atoms with Crippen LogP contribution in [-0.4, -0.2) is 31.2 Å². The largest absolute Gasteiger partial charge is 0.469 e. The van der Waals surface area contributed by atoms with E-state index in [1.54, 1.807) is 12.4 Å². The van der Waals surface area contributed by atoms with Gasteiger partial charge in [0.25, 0.3) is 0 Å². The Balaban J connectivity index is 2.00. The maximum Gasteiger partial charge on any atom is 0.308 e. The van der Waals surface area contributed by atoms with Gasteiger partial charge < -0.3 is 9.64 Å². The van der Waals surface area contributed by atoms with Gasteiger partial charge in [-0.1, -0.05) is 11.6 Å². The minimum atomic E-state index is -0.106. The highest BCUT2D eigenvalue weighted by Crippen LogP contribution is 2.28. The van der Waals surface area contributed by atoms with E-state index < -0.39 is 0 Å². The summed E-state index contributed by atoms with van der Waals surface area (Å²) in [6.45, 7) is 1.65. The van der Waals surface area contributed by atoms with Crippen LogP contribution in [0.25, 0.3) is 0 Å². The van der Waals surface area contributed by atoms with Crippen LogP contribution in [0.3, 0.4) is 0 Å². The summed E-state index contributed by atoms with van der Waals surface area (Å²) in [6.07, 6.45) is 4.99. The van der Waals surface area contributed by atoms with Crippen LogP contribution in [0.4, 0.5) is 5.69 Å². The number of anilines is 1. The van der Waals surface area contributed by atoms with Gasteiger partial charge in [-0.25, -0.2) is 0 Å². The van der Waals surface area contributed by atoms with Crippen LogP contribution >= 0.6 is 11.6 Å². The third-order valence-corrected chi connectivity index (χ3v) is 3.41. The summed E-state index contributed by atoms with van der Waals surface area (Å²) in [5.41, 5.74) is 0.991. The number of pyridine rings is 1. The quantitative estimate of drug-likeness (QED) is 0.759. The molecule has 1 aromatic rings. The van der Waals surface area contributed by atoms with Gasteiger partial charge in [0.15, 0.2) is 0 Å². The molecule has 0 bridgehead atoms. The molecule has 0 aliphatic carbocycles. The van der Waals surface area contributed by atoms with Gasteiger partial charge in [-0.3, -0.25) is 9.78 Å². The van der Waals surface area contributed by atoms with Crippen LogP contribution in [0.5, 0.6) is 0 Å². The number of ether oxygens (including phenoxy) is 1. The van der Waals surface area contributed by atoms with Crippen molar-refractivity contribution in [2.75, 3.05) is 25.1 Å². The van der Waals surface area contributed by atoms with Crippen molar-refractivity contribution in [1.82, 2.24) is 4.98 Å². The summed E-state index contributed by atoms with van der Waals surface area (Å²) in [6, 6.07) is 1.90. The van der Waals surface area contributed by atoms with E-state index in [1.807, 2.05) is 6.07 Å². The summed E-state index contributed by atoms with van der Waals surface area (Å²) in [4.78, 5) is 17.5. The molecule has 4 nitrogen and oxygen atoms in total. The number of nitrogens with zero attached hydrogens (tertiary/aromatic N) is 2. The number of hydrogen-bond donors (Lipinski definition) is 0. The van der Waals surface area contributed by atoms with Crippen molar-refractivity contribution in [2.24, 2.45) is 5.92 Å². The summed E-state index contributed by atoms with van der Waals surface area (Å²) in [5.74, 6) is -0.0812. The lowest BCUT2D eigenvalue weighted by atomic mass is 9.97. The Hall–Kier alpha value is -1.29. The van der Waals surface area contributed by atoms with Crippen LogP contribution in [0, 0.1) is 5.92 Å². The van der Waals surface area contributed by atoms with Crippen molar-refractivity contribution in [2.45, 2.75) is 12.8 Å². The molecular weight excluding hydrogens is 240 g/mol. The van der Waals surface area contributed by atoms with Crippen molar-refractivity contribution in [1.29, 1.82) is 0 Å². The SMILES string of the molecule is COC(=O)C1CCN(c2ccncc2Cl)CC1. The number of carbonyl (C=O) groups is 1. The first-order valence-electron chi connectivity index (χ1n) is 5.64. The third kappa shape index (κ3) is 2.69. The number of halogens is 1. The zero-order chi connectivity index (χ0) is 12.3. The molecule has 0 radical (unpaired) electrons. The average Bonchev–Trinajstić information content (AvgIpc) is 2.39. The monoisotopic (exact) mass is 254 g/mol. The average molecular weight is 255 g/mol. The van der Waals surface area contributed by atoms with Crippen molar-refractivity contribution in [3.05, 3.63) is 23.5 Å². The van der Waals surface area contributed by atoms with Gasteiger partial charge in [-0.05, 0) is 18.9 Å². The molecule has 0 aromatic carbocycles. The Morgan fingerprint density at radius 1 is 1.53 bits per heavy atom. The molecule has 2 rings (SSSR count). The maximum absolute atomic E-state index is 11.4. The highest BCUT2D eigenvalue weighted by molar-refractivity contribution is 6.33. The fourth-order valence-electron chi connectivity index (χ4n) is 2.15. The number of hydrogen-bond acceptors (Lipinski definition) is 4. The van der Waals surface area contributed by atoms with Crippen LogP contribution in [-0.2, 0) is 9.53 Å². The fraction of sp³-hybridized carbons (Fsp3) is 0.500. The lowest BCUT2D eigenvalue weighted by Crippen LogP contribution is -2.36. The van der Waals surface area contributed by atoms with Crippen LogP contribution < -0.4 is 4.90 Å². The first-order valence-corrected chi connectivity index (χ1v) is 6.02. The molecule has 0 amide bonds. The van der Waals surface area contributed by atoms with Crippen molar-refractivity contribution < 1.29 is 9.53 Å². The first-order chi connectivity index (χ1) is 8.22. The molecule has 0 N–H and O–H groups in total. The number of aromatic nitrogens is 1. The van der Waals surface area contributed by atoms with E-state index in [0.717, 1.165) is 31.6 Å². The zero-order valence-corrected chi connectivity index (χ0v) is 10.5. The van der Waals surface area contributed by atoms with E-state index in [-0.39, 0.29) is 11.9 Å². The summed E-state index contributed by atoms with van der Waals surface area (Å²) >= 11 is 6.09. The van der Waals surface area contributed by atoms with E-state index in [0.29, 0.717) is 5.02 Å². The van der Waals surface area contributed by atoms with Crippen LogP contribution in [0.1, 0.15) is 12.8 Å². The molecule has 1 aromatic heterocycles. The van der Waals surface area contributed by atoms with Gasteiger partial charge in [0, 0.05) is 25.5 Å². The Kier molecular flexibility index (Phi) is 3.84. The van der Waals surface area contributed by atoms with Crippen molar-refractivity contribution >= 4 is 23.3 Å². The topological polar surface area (TPSA) is 42.4 Å². The number of piperidine rings is 1. The molecule has 5 heteroatoms. The third-order valence-electron chi connectivity index (χ3n) is 3.12. The summed E-state index contributed by atoms with van der Waals surface area (Å²) in [5, 5.41) is 0.656. The molecule has 0 saturated carbocycles. The van der Waals surface area contributed by atoms with E-state index >= 15 is 0 Å². The fourth-order valence-corrected chi connectivity index (χ4v) is 2.39. The molecule has 1 aliphatic rings. The molecule has 17 heavy (non-hydrogen) atoms. The number of methoxy groups -OCH3 is 1. The van der Waals surface area contributed by atoms with Crippen molar-refractivity contribution in [3.8, 4) is 0 Å².